The molecule has 1 fully saturated rings. The van der Waals surface area contributed by atoms with Crippen LogP contribution in [0.4, 0.5) is 11.4 Å². The van der Waals surface area contributed by atoms with Gasteiger partial charge in [0.2, 0.25) is 0 Å². The van der Waals surface area contributed by atoms with Gasteiger partial charge in [-0.3, -0.25) is 14.9 Å². The summed E-state index contributed by atoms with van der Waals surface area (Å²) in [5.41, 5.74) is 0.459. The molecule has 24 heavy (non-hydrogen) atoms. The van der Waals surface area contributed by atoms with Crippen LogP contribution >= 0.6 is 0 Å². The molecule has 1 aromatic carbocycles. The summed E-state index contributed by atoms with van der Waals surface area (Å²) in [6, 6.07) is 4.30. The number of hydrogen-bond donors (Lipinski definition) is 1. The van der Waals surface area contributed by atoms with E-state index in [2.05, 4.69) is 5.32 Å². The Hall–Kier alpha value is -2.64. The standard InChI is InChI=1S/C16H21N3O5/c1-17-15(20)11-24-16(21)12-6-7-13(14(10-12)19(22)23)18-8-4-2-3-5-9-18/h6-7,10H,2-5,8-9,11H2,1H3,(H,17,20). The first-order chi connectivity index (χ1) is 11.5. The van der Waals surface area contributed by atoms with Crippen LogP contribution in [0, 0.1) is 10.1 Å². The lowest BCUT2D eigenvalue weighted by Crippen LogP contribution is -2.26. The molecule has 2 rings (SSSR count). The van der Waals surface area contributed by atoms with Crippen molar-refractivity contribution in [3.63, 3.8) is 0 Å². The molecule has 0 spiro atoms. The highest BCUT2D eigenvalue weighted by atomic mass is 16.6. The van der Waals surface area contributed by atoms with E-state index >= 15 is 0 Å². The van der Waals surface area contributed by atoms with E-state index in [1.165, 1.54) is 19.2 Å². The molecule has 0 bridgehead atoms. The highest BCUT2D eigenvalue weighted by Gasteiger charge is 2.23. The van der Waals surface area contributed by atoms with Crippen LogP contribution in [0.3, 0.4) is 0 Å². The fourth-order valence-corrected chi connectivity index (χ4v) is 2.66. The molecule has 8 heteroatoms. The third-order valence-corrected chi connectivity index (χ3v) is 3.97. The summed E-state index contributed by atoms with van der Waals surface area (Å²) < 4.78 is 4.83. The maximum absolute atomic E-state index is 11.9. The largest absolute Gasteiger partial charge is 0.452 e. The number of nitrogens with zero attached hydrogens (tertiary/aromatic N) is 2. The average molecular weight is 335 g/mol. The van der Waals surface area contributed by atoms with Crippen LogP contribution in [-0.2, 0) is 9.53 Å². The SMILES string of the molecule is CNC(=O)COC(=O)c1ccc(N2CCCCCC2)c([N+](=O)[O-])c1. The van der Waals surface area contributed by atoms with Gasteiger partial charge in [-0.2, -0.15) is 0 Å². The molecule has 1 aliphatic heterocycles. The summed E-state index contributed by atoms with van der Waals surface area (Å²) in [7, 11) is 1.43. The molecule has 1 aromatic rings. The van der Waals surface area contributed by atoms with Crippen molar-refractivity contribution in [2.24, 2.45) is 0 Å². The Morgan fingerprint density at radius 3 is 2.50 bits per heavy atom. The lowest BCUT2D eigenvalue weighted by atomic mass is 10.1. The van der Waals surface area contributed by atoms with Gasteiger partial charge in [0.25, 0.3) is 11.6 Å². The molecule has 1 aliphatic rings. The quantitative estimate of drug-likeness (QED) is 0.501. The van der Waals surface area contributed by atoms with Crippen molar-refractivity contribution < 1.29 is 19.2 Å². The number of amides is 1. The van der Waals surface area contributed by atoms with Crippen molar-refractivity contribution >= 4 is 23.3 Å². The molecule has 1 saturated heterocycles. The maximum atomic E-state index is 11.9. The molecule has 0 aromatic heterocycles. The Morgan fingerprint density at radius 1 is 1.25 bits per heavy atom. The number of anilines is 1. The maximum Gasteiger partial charge on any atom is 0.338 e. The van der Waals surface area contributed by atoms with Crippen LogP contribution < -0.4 is 10.2 Å². The normalized spacial score (nSPS) is 14.6. The van der Waals surface area contributed by atoms with Crippen LogP contribution in [0.1, 0.15) is 36.0 Å². The van der Waals surface area contributed by atoms with E-state index in [0.717, 1.165) is 38.8 Å². The summed E-state index contributed by atoms with van der Waals surface area (Å²) >= 11 is 0. The molecule has 1 amide bonds. The predicted octanol–water partition coefficient (Wildman–Crippen LogP) is 1.88. The number of esters is 1. The van der Waals surface area contributed by atoms with Gasteiger partial charge in [-0.1, -0.05) is 12.8 Å². The van der Waals surface area contributed by atoms with Gasteiger partial charge in [0.15, 0.2) is 6.61 Å². The van der Waals surface area contributed by atoms with E-state index in [1.807, 2.05) is 4.90 Å². The van der Waals surface area contributed by atoms with E-state index in [4.69, 9.17) is 4.74 Å². The van der Waals surface area contributed by atoms with E-state index in [9.17, 15) is 19.7 Å². The molecule has 0 radical (unpaired) electrons. The number of benzene rings is 1. The van der Waals surface area contributed by atoms with Crippen molar-refractivity contribution in [2.45, 2.75) is 25.7 Å². The monoisotopic (exact) mass is 335 g/mol. The van der Waals surface area contributed by atoms with Crippen LogP contribution in [0.2, 0.25) is 0 Å². The average Bonchev–Trinajstić information content (AvgIpc) is 2.87. The number of rotatable bonds is 5. The van der Waals surface area contributed by atoms with Crippen molar-refractivity contribution in [2.75, 3.05) is 31.6 Å². The van der Waals surface area contributed by atoms with Crippen LogP contribution in [0.5, 0.6) is 0 Å². The number of ether oxygens (including phenoxy) is 1. The molecule has 130 valence electrons. The second-order valence-electron chi connectivity index (χ2n) is 5.61. The highest BCUT2D eigenvalue weighted by Crippen LogP contribution is 2.31. The van der Waals surface area contributed by atoms with Crippen molar-refractivity contribution in [1.29, 1.82) is 0 Å². The number of hydrogen-bond acceptors (Lipinski definition) is 6. The number of carbonyl (C=O) groups is 2. The van der Waals surface area contributed by atoms with Gasteiger partial charge in [-0.15, -0.1) is 0 Å². The van der Waals surface area contributed by atoms with Crippen molar-refractivity contribution in [1.82, 2.24) is 5.32 Å². The van der Waals surface area contributed by atoms with Gasteiger partial charge >= 0.3 is 5.97 Å². The molecular weight excluding hydrogens is 314 g/mol. The summed E-state index contributed by atoms with van der Waals surface area (Å²) in [6.07, 6.45) is 4.22. The summed E-state index contributed by atoms with van der Waals surface area (Å²) in [5, 5.41) is 13.7. The van der Waals surface area contributed by atoms with E-state index in [0.29, 0.717) is 5.69 Å². The summed E-state index contributed by atoms with van der Waals surface area (Å²) in [4.78, 5) is 36.0. The van der Waals surface area contributed by atoms with Crippen molar-refractivity contribution in [3.05, 3.63) is 33.9 Å². The van der Waals surface area contributed by atoms with Crippen LogP contribution in [0.15, 0.2) is 18.2 Å². The third-order valence-electron chi connectivity index (χ3n) is 3.97. The third kappa shape index (κ3) is 4.43. The van der Waals surface area contributed by atoms with E-state index in [-0.39, 0.29) is 11.3 Å². The molecule has 0 saturated carbocycles. The first-order valence-electron chi connectivity index (χ1n) is 7.94. The first kappa shape index (κ1) is 17.7. The molecule has 0 aliphatic carbocycles. The van der Waals surface area contributed by atoms with E-state index in [1.54, 1.807) is 6.07 Å². The minimum absolute atomic E-state index is 0.0594. The Balaban J connectivity index is 2.21. The zero-order valence-corrected chi connectivity index (χ0v) is 13.6. The second-order valence-corrected chi connectivity index (χ2v) is 5.61. The topological polar surface area (TPSA) is 102 Å². The fourth-order valence-electron chi connectivity index (χ4n) is 2.66. The summed E-state index contributed by atoms with van der Waals surface area (Å²) in [5.74, 6) is -1.21. The van der Waals surface area contributed by atoms with Gasteiger partial charge in [-0.25, -0.2) is 4.79 Å². The molecule has 1 heterocycles. The Morgan fingerprint density at radius 2 is 1.92 bits per heavy atom. The molecule has 0 unspecified atom stereocenters. The van der Waals surface area contributed by atoms with Crippen molar-refractivity contribution in [3.8, 4) is 0 Å². The number of nitro benzene ring substituents is 1. The number of nitrogens with one attached hydrogen (secondary N) is 1. The lowest BCUT2D eigenvalue weighted by Gasteiger charge is -2.22. The number of nitro groups is 1. The zero-order valence-electron chi connectivity index (χ0n) is 13.6. The van der Waals surface area contributed by atoms with Gasteiger partial charge < -0.3 is 15.0 Å². The van der Waals surface area contributed by atoms with Crippen LogP contribution in [-0.4, -0.2) is 43.5 Å². The first-order valence-corrected chi connectivity index (χ1v) is 7.94. The number of carbonyl (C=O) groups excluding carboxylic acids is 2. The molecular formula is C16H21N3O5. The van der Waals surface area contributed by atoms with Gasteiger partial charge in [0.05, 0.1) is 10.5 Å². The Labute approximate surface area is 139 Å². The van der Waals surface area contributed by atoms with E-state index < -0.39 is 23.4 Å². The highest BCUT2D eigenvalue weighted by molar-refractivity contribution is 5.93. The molecule has 8 nitrogen and oxygen atoms in total. The Bertz CT molecular complexity index is 624. The van der Waals surface area contributed by atoms with Gasteiger partial charge in [0.1, 0.15) is 5.69 Å². The number of likely N-dealkylation sites (N-methyl/N-ethyl adjacent to an activating group) is 1. The Kier molecular flexibility index (Phi) is 6.11. The molecule has 1 N–H and O–H groups in total. The minimum atomic E-state index is -0.760. The minimum Gasteiger partial charge on any atom is -0.452 e. The second kappa shape index (κ2) is 8.28. The predicted molar refractivity (Wildman–Crippen MR) is 88.1 cm³/mol. The summed E-state index contributed by atoms with van der Waals surface area (Å²) in [6.45, 7) is 1.11. The van der Waals surface area contributed by atoms with Gasteiger partial charge in [-0.05, 0) is 25.0 Å². The van der Waals surface area contributed by atoms with Crippen LogP contribution in [0.25, 0.3) is 0 Å². The lowest BCUT2D eigenvalue weighted by molar-refractivity contribution is -0.384. The zero-order chi connectivity index (χ0) is 17.5. The van der Waals surface area contributed by atoms with Gasteiger partial charge in [0, 0.05) is 26.2 Å². The fraction of sp³-hybridized carbons (Fsp3) is 0.500. The molecule has 0 atom stereocenters. The smallest absolute Gasteiger partial charge is 0.338 e.